The highest BCUT2D eigenvalue weighted by Gasteiger charge is 2.41. The number of hydrogen-bond acceptors (Lipinski definition) is 3. The maximum Gasteiger partial charge on any atom is 0.274 e. The molecule has 3 aromatic heterocycles. The first-order valence-corrected chi connectivity index (χ1v) is 9.94. The molecule has 0 unspecified atom stereocenters. The van der Waals surface area contributed by atoms with Gasteiger partial charge in [-0.2, -0.15) is 5.10 Å². The van der Waals surface area contributed by atoms with Crippen molar-refractivity contribution in [2.45, 2.75) is 18.3 Å². The first kappa shape index (κ1) is 17.7. The van der Waals surface area contributed by atoms with Crippen molar-refractivity contribution >= 4 is 11.6 Å². The van der Waals surface area contributed by atoms with E-state index in [2.05, 4.69) is 40.0 Å². The lowest BCUT2D eigenvalue weighted by molar-refractivity contribution is 0.0677. The van der Waals surface area contributed by atoms with Crippen molar-refractivity contribution in [3.05, 3.63) is 90.1 Å². The van der Waals surface area contributed by atoms with Gasteiger partial charge in [-0.25, -0.2) is 4.98 Å². The average Bonchev–Trinajstić information content (AvgIpc) is 3.40. The van der Waals surface area contributed by atoms with Crippen LogP contribution in [0.1, 0.15) is 34.6 Å². The fourth-order valence-electron chi connectivity index (χ4n) is 4.40. The molecule has 5 rings (SSSR count). The van der Waals surface area contributed by atoms with E-state index in [4.69, 9.17) is 4.98 Å². The first-order chi connectivity index (χ1) is 14.2. The average molecular weight is 385 g/mol. The van der Waals surface area contributed by atoms with Crippen LogP contribution in [0.4, 0.5) is 0 Å². The van der Waals surface area contributed by atoms with Crippen LogP contribution in [0, 0.1) is 0 Å². The molecular formula is C23H23N5O. The Morgan fingerprint density at radius 2 is 1.72 bits per heavy atom. The summed E-state index contributed by atoms with van der Waals surface area (Å²) in [6, 6.07) is 18.4. The number of aryl methyl sites for hydroxylation is 1. The van der Waals surface area contributed by atoms with Gasteiger partial charge in [0.1, 0.15) is 11.3 Å². The Hall–Kier alpha value is -3.41. The number of carbonyl (C=O) groups excluding carboxylic acids is 1. The van der Waals surface area contributed by atoms with Crippen molar-refractivity contribution in [1.29, 1.82) is 0 Å². The summed E-state index contributed by atoms with van der Waals surface area (Å²) in [5.41, 5.74) is 3.58. The highest BCUT2D eigenvalue weighted by atomic mass is 16.2. The summed E-state index contributed by atoms with van der Waals surface area (Å²) in [6.07, 6.45) is 7.64. The normalized spacial score (nSPS) is 16.2. The van der Waals surface area contributed by atoms with Crippen LogP contribution in [0.25, 0.3) is 5.65 Å². The lowest BCUT2D eigenvalue weighted by atomic mass is 9.70. The third-order valence-corrected chi connectivity index (χ3v) is 6.02. The van der Waals surface area contributed by atoms with Gasteiger partial charge in [0.25, 0.3) is 5.91 Å². The SMILES string of the molecule is Cn1ccc(C(=O)N2CCC(c3ccccc3)(c3cn4ccccc4n3)CC2)n1. The van der Waals surface area contributed by atoms with Crippen LogP contribution in [0.15, 0.2) is 73.2 Å². The van der Waals surface area contributed by atoms with Crippen molar-refractivity contribution in [3.63, 3.8) is 0 Å². The Morgan fingerprint density at radius 1 is 0.966 bits per heavy atom. The summed E-state index contributed by atoms with van der Waals surface area (Å²) >= 11 is 0. The minimum Gasteiger partial charge on any atom is -0.337 e. The van der Waals surface area contributed by atoms with E-state index < -0.39 is 0 Å². The van der Waals surface area contributed by atoms with Gasteiger partial charge in [0.05, 0.1) is 5.69 Å². The van der Waals surface area contributed by atoms with Gasteiger partial charge >= 0.3 is 0 Å². The number of fused-ring (bicyclic) bond motifs is 1. The van der Waals surface area contributed by atoms with E-state index in [9.17, 15) is 4.79 Å². The van der Waals surface area contributed by atoms with Crippen LogP contribution < -0.4 is 0 Å². The number of aromatic nitrogens is 4. The topological polar surface area (TPSA) is 55.4 Å². The largest absolute Gasteiger partial charge is 0.337 e. The predicted octanol–water partition coefficient (Wildman–Crippen LogP) is 3.29. The smallest absolute Gasteiger partial charge is 0.274 e. The van der Waals surface area contributed by atoms with E-state index in [1.807, 2.05) is 48.6 Å². The van der Waals surface area contributed by atoms with Gasteiger partial charge in [0, 0.05) is 44.1 Å². The number of piperidine rings is 1. The van der Waals surface area contributed by atoms with E-state index in [0.29, 0.717) is 18.8 Å². The third kappa shape index (κ3) is 3.01. The fourth-order valence-corrected chi connectivity index (χ4v) is 4.40. The van der Waals surface area contributed by atoms with Crippen LogP contribution in [-0.4, -0.2) is 43.1 Å². The van der Waals surface area contributed by atoms with Crippen molar-refractivity contribution < 1.29 is 4.79 Å². The molecule has 0 bridgehead atoms. The Morgan fingerprint density at radius 3 is 2.41 bits per heavy atom. The van der Waals surface area contributed by atoms with Crippen molar-refractivity contribution in [2.75, 3.05) is 13.1 Å². The minimum atomic E-state index is -0.200. The number of hydrogen-bond donors (Lipinski definition) is 0. The van der Waals surface area contributed by atoms with Crippen LogP contribution in [0.2, 0.25) is 0 Å². The third-order valence-electron chi connectivity index (χ3n) is 6.02. The van der Waals surface area contributed by atoms with Gasteiger partial charge in [-0.05, 0) is 36.6 Å². The fraction of sp³-hybridized carbons (Fsp3) is 0.261. The lowest BCUT2D eigenvalue weighted by Crippen LogP contribution is -2.46. The highest BCUT2D eigenvalue weighted by molar-refractivity contribution is 5.92. The molecule has 1 aliphatic heterocycles. The molecule has 6 heteroatoms. The van der Waals surface area contributed by atoms with Gasteiger partial charge in [-0.3, -0.25) is 9.48 Å². The van der Waals surface area contributed by atoms with Gasteiger partial charge in [-0.1, -0.05) is 36.4 Å². The molecule has 1 aromatic carbocycles. The quantitative estimate of drug-likeness (QED) is 0.544. The molecule has 4 heterocycles. The molecule has 6 nitrogen and oxygen atoms in total. The number of likely N-dealkylation sites (tertiary alicyclic amines) is 1. The van der Waals surface area contributed by atoms with Crippen LogP contribution in [-0.2, 0) is 12.5 Å². The number of imidazole rings is 1. The van der Waals surface area contributed by atoms with Gasteiger partial charge in [0.15, 0.2) is 0 Å². The number of pyridine rings is 1. The molecule has 1 aliphatic rings. The molecule has 0 radical (unpaired) electrons. The number of rotatable bonds is 3. The maximum atomic E-state index is 12.9. The molecule has 0 saturated carbocycles. The summed E-state index contributed by atoms with van der Waals surface area (Å²) in [4.78, 5) is 19.7. The number of benzene rings is 1. The second kappa shape index (κ2) is 6.88. The summed E-state index contributed by atoms with van der Waals surface area (Å²) in [6.45, 7) is 1.36. The maximum absolute atomic E-state index is 12.9. The zero-order valence-corrected chi connectivity index (χ0v) is 16.4. The Bertz CT molecular complexity index is 1120. The molecule has 1 fully saturated rings. The molecule has 4 aromatic rings. The molecular weight excluding hydrogens is 362 g/mol. The number of nitrogens with zero attached hydrogens (tertiary/aromatic N) is 5. The monoisotopic (exact) mass is 385 g/mol. The van der Waals surface area contributed by atoms with Crippen molar-refractivity contribution in [3.8, 4) is 0 Å². The number of carbonyl (C=O) groups is 1. The Kier molecular flexibility index (Phi) is 4.19. The zero-order valence-electron chi connectivity index (χ0n) is 16.4. The van der Waals surface area contributed by atoms with Crippen LogP contribution >= 0.6 is 0 Å². The van der Waals surface area contributed by atoms with Crippen molar-refractivity contribution in [2.24, 2.45) is 7.05 Å². The minimum absolute atomic E-state index is 0.00210. The summed E-state index contributed by atoms with van der Waals surface area (Å²) in [5, 5.41) is 4.28. The standard InChI is InChI=1S/C23H23N5O/c1-26-14-10-19(25-26)22(29)27-15-11-23(12-16-27,18-7-3-2-4-8-18)20-17-28-13-6-5-9-21(28)24-20/h2-10,13-14,17H,11-12,15-16H2,1H3. The lowest BCUT2D eigenvalue weighted by Gasteiger charge is -2.41. The molecule has 29 heavy (non-hydrogen) atoms. The Labute approximate surface area is 169 Å². The van der Waals surface area contributed by atoms with Gasteiger partial charge in [-0.15, -0.1) is 0 Å². The first-order valence-electron chi connectivity index (χ1n) is 9.94. The molecule has 1 saturated heterocycles. The van der Waals surface area contributed by atoms with Crippen molar-refractivity contribution in [1.82, 2.24) is 24.1 Å². The van der Waals surface area contributed by atoms with Gasteiger partial charge in [0.2, 0.25) is 0 Å². The van der Waals surface area contributed by atoms with E-state index in [1.165, 1.54) is 5.56 Å². The Balaban J connectivity index is 1.49. The van der Waals surface area contributed by atoms with E-state index in [-0.39, 0.29) is 11.3 Å². The van der Waals surface area contributed by atoms with E-state index in [1.54, 1.807) is 10.7 Å². The molecule has 0 N–H and O–H groups in total. The molecule has 1 amide bonds. The molecule has 0 aliphatic carbocycles. The zero-order chi connectivity index (χ0) is 19.8. The second-order valence-electron chi connectivity index (χ2n) is 7.71. The van der Waals surface area contributed by atoms with Gasteiger partial charge < -0.3 is 9.30 Å². The van der Waals surface area contributed by atoms with Crippen LogP contribution in [0.5, 0.6) is 0 Å². The molecule has 0 spiro atoms. The van der Waals surface area contributed by atoms with Crippen LogP contribution in [0.3, 0.4) is 0 Å². The summed E-state index contributed by atoms with van der Waals surface area (Å²) in [5.74, 6) is 0.00210. The molecule has 146 valence electrons. The summed E-state index contributed by atoms with van der Waals surface area (Å²) < 4.78 is 3.74. The second-order valence-corrected chi connectivity index (χ2v) is 7.71. The summed E-state index contributed by atoms with van der Waals surface area (Å²) in [7, 11) is 1.83. The predicted molar refractivity (Wildman–Crippen MR) is 111 cm³/mol. The van der Waals surface area contributed by atoms with E-state index >= 15 is 0 Å². The molecule has 0 atom stereocenters. The number of amides is 1. The van der Waals surface area contributed by atoms with E-state index in [0.717, 1.165) is 24.2 Å². The highest BCUT2D eigenvalue weighted by Crippen LogP contribution is 2.41.